The smallest absolute Gasteiger partial charge is 0.339 e. The van der Waals surface area contributed by atoms with Gasteiger partial charge in [-0.25, -0.2) is 38.8 Å². The van der Waals surface area contributed by atoms with Gasteiger partial charge in [0.05, 0.1) is 45.0 Å². The number of carbonyl (C=O) groups is 12. The Morgan fingerprint density at radius 1 is 0.261 bits per heavy atom. The van der Waals surface area contributed by atoms with Crippen LogP contribution in [0.25, 0.3) is 21.5 Å². The van der Waals surface area contributed by atoms with Crippen molar-refractivity contribution in [3.63, 3.8) is 0 Å². The number of phenolic OH excluding ortho intramolecular Hbond substituents is 4. The molecule has 15 heterocycles. The first kappa shape index (κ1) is 57.2. The Morgan fingerprint density at radius 2 is 0.435 bits per heavy atom. The van der Waals surface area contributed by atoms with Crippen LogP contribution in [0.15, 0.2) is 121 Å². The van der Waals surface area contributed by atoms with Gasteiger partial charge in [-0.3, -0.25) is 38.4 Å². The van der Waals surface area contributed by atoms with Crippen LogP contribution in [-0.4, -0.2) is 118 Å². The second-order valence-corrected chi connectivity index (χ2v) is 20.3. The van der Waals surface area contributed by atoms with Crippen molar-refractivity contribution in [2.75, 3.05) is 46.0 Å². The number of hydrogen-bond acceptors (Lipinski definition) is 20. The lowest BCUT2D eigenvalue weighted by atomic mass is 9.85. The predicted molar refractivity (Wildman–Crippen MR) is 317 cm³/mol. The summed E-state index contributed by atoms with van der Waals surface area (Å²) in [5, 5.41) is 43.7. The van der Waals surface area contributed by atoms with E-state index in [-0.39, 0.29) is 88.3 Å². The van der Waals surface area contributed by atoms with Crippen LogP contribution in [0, 0.1) is 47.4 Å². The van der Waals surface area contributed by atoms with Gasteiger partial charge < -0.3 is 39.4 Å². The molecule has 24 bridgehead atoms. The number of anilines is 4. The Labute approximate surface area is 514 Å². The summed E-state index contributed by atoms with van der Waals surface area (Å²) in [6.45, 7) is -2.20. The lowest BCUT2D eigenvalue weighted by Crippen LogP contribution is -2.43. The van der Waals surface area contributed by atoms with Crippen LogP contribution >= 0.6 is 0 Å². The number of hydrogen-bond donors (Lipinski definition) is 4. The zero-order valence-corrected chi connectivity index (χ0v) is 46.5. The molecule has 8 amide bonds. The highest BCUT2D eigenvalue weighted by atomic mass is 16.5. The molecule has 0 saturated carbocycles. The number of phenols is 4. The van der Waals surface area contributed by atoms with Gasteiger partial charge in [-0.1, -0.05) is 0 Å². The fourth-order valence-electron chi connectivity index (χ4n) is 11.0. The minimum absolute atomic E-state index is 0.0757. The third kappa shape index (κ3) is 9.21. The molecule has 92 heavy (non-hydrogen) atoms. The number of benzene rings is 8. The number of nitrogens with zero attached hydrogens (tertiary/aromatic N) is 4. The molecule has 0 radical (unpaired) electrons. The summed E-state index contributed by atoms with van der Waals surface area (Å²) in [6, 6.07) is 22.6. The molecule has 444 valence electrons. The van der Waals surface area contributed by atoms with E-state index >= 15 is 0 Å². The summed E-state index contributed by atoms with van der Waals surface area (Å²) < 4.78 is 21.0. The number of imide groups is 4. The maximum atomic E-state index is 14.3. The van der Waals surface area contributed by atoms with Crippen LogP contribution in [0.4, 0.5) is 22.7 Å². The summed E-state index contributed by atoms with van der Waals surface area (Å²) in [5.74, 6) is 5.00. The molecule has 4 N–H and O–H groups in total. The number of rotatable bonds is 0. The molecule has 15 aliphatic heterocycles. The van der Waals surface area contributed by atoms with Gasteiger partial charge in [-0.15, -0.1) is 0 Å². The highest BCUT2D eigenvalue weighted by Gasteiger charge is 2.45. The Bertz CT molecular complexity index is 4430. The molecule has 0 atom stereocenters. The topological polar surface area (TPSA) is 336 Å². The number of amides is 8. The largest absolute Gasteiger partial charge is 0.506 e. The molecule has 0 spiro atoms. The molecule has 0 saturated heterocycles. The second-order valence-electron chi connectivity index (χ2n) is 20.3. The van der Waals surface area contributed by atoms with Gasteiger partial charge in [0.15, 0.2) is 26.4 Å². The summed E-state index contributed by atoms with van der Waals surface area (Å²) in [7, 11) is 0. The quantitative estimate of drug-likeness (QED) is 0.0554. The fraction of sp³-hybridized carbons (Fsp3) is 0.0588. The maximum absolute atomic E-state index is 14.3. The van der Waals surface area contributed by atoms with Crippen LogP contribution in [0.5, 0.6) is 23.0 Å². The molecule has 23 rings (SSSR count). The molecule has 0 unspecified atom stereocenters. The van der Waals surface area contributed by atoms with Gasteiger partial charge in [0.2, 0.25) is 0 Å². The highest BCUT2D eigenvalue weighted by Crippen LogP contribution is 2.46. The van der Waals surface area contributed by atoms with Crippen molar-refractivity contribution in [1.29, 1.82) is 0 Å². The first-order chi connectivity index (χ1) is 44.3. The van der Waals surface area contributed by atoms with E-state index in [1.54, 1.807) is 0 Å². The molecule has 15 aliphatic rings. The van der Waals surface area contributed by atoms with E-state index in [0.717, 1.165) is 72.8 Å². The minimum Gasteiger partial charge on any atom is -0.506 e. The molecule has 8 aromatic rings. The van der Waals surface area contributed by atoms with E-state index in [4.69, 9.17) is 18.9 Å². The number of ether oxygens (including phenoxy) is 4. The Morgan fingerprint density at radius 3 is 0.609 bits per heavy atom. The first-order valence-corrected chi connectivity index (χ1v) is 27.0. The number of esters is 4. The van der Waals surface area contributed by atoms with Gasteiger partial charge in [0.1, 0.15) is 23.0 Å². The summed E-state index contributed by atoms with van der Waals surface area (Å²) in [6.07, 6.45) is 0. The van der Waals surface area contributed by atoms with E-state index < -0.39 is 143 Å². The van der Waals surface area contributed by atoms with Crippen LogP contribution in [-0.2, 0) is 18.9 Å². The third-order valence-corrected chi connectivity index (χ3v) is 15.2. The average molecular weight is 1230 g/mol. The van der Waals surface area contributed by atoms with E-state index in [1.807, 2.05) is 0 Å². The Kier molecular flexibility index (Phi) is 13.8. The van der Waals surface area contributed by atoms with Crippen LogP contribution in [0.2, 0.25) is 0 Å². The molecular weight excluding hydrogens is 1190 g/mol. The molecule has 0 fully saturated rings. The molecule has 0 aliphatic carbocycles. The fourth-order valence-corrected chi connectivity index (χ4v) is 11.0. The zero-order valence-electron chi connectivity index (χ0n) is 46.5. The van der Waals surface area contributed by atoms with E-state index in [9.17, 15) is 78.0 Å². The van der Waals surface area contributed by atoms with Crippen molar-refractivity contribution in [1.82, 2.24) is 0 Å². The van der Waals surface area contributed by atoms with E-state index in [2.05, 4.69) is 47.4 Å². The third-order valence-electron chi connectivity index (χ3n) is 15.2. The maximum Gasteiger partial charge on any atom is 0.339 e. The SMILES string of the molecule is O=C1OCC#CC#CCOC(=O)c2ccc(O)c(c2)N2C(=O)c3ccc4c5c(ccc(c35)C2=O)C(=O)N(C4=O)c2cc(ccc2O)C(=O)OCC#CC#CCOC(=O)c2ccc(O)c(c2)N2C(=O)c3ccc4c5c(ccc(c35)C2=O)C(=O)N(C4=O)c2cc1ccc2O. The minimum atomic E-state index is -1.01. The van der Waals surface area contributed by atoms with Crippen molar-refractivity contribution < 1.29 is 96.9 Å². The van der Waals surface area contributed by atoms with E-state index in [0.29, 0.717) is 19.6 Å². The van der Waals surface area contributed by atoms with Crippen molar-refractivity contribution in [3.05, 3.63) is 188 Å². The van der Waals surface area contributed by atoms with Gasteiger partial charge in [0, 0.05) is 66.1 Å². The Hall–Kier alpha value is -13.8. The van der Waals surface area contributed by atoms with Crippen molar-refractivity contribution in [3.8, 4) is 70.4 Å². The van der Waals surface area contributed by atoms with Gasteiger partial charge in [-0.2, -0.15) is 0 Å². The zero-order chi connectivity index (χ0) is 64.5. The lowest BCUT2D eigenvalue weighted by molar-refractivity contribution is 0.0547. The normalized spacial score (nSPS) is 15.5. The molecular formula is C68H32N4O20. The van der Waals surface area contributed by atoms with Crippen LogP contribution in [0.3, 0.4) is 0 Å². The first-order valence-electron chi connectivity index (χ1n) is 27.0. The van der Waals surface area contributed by atoms with Crippen molar-refractivity contribution in [2.24, 2.45) is 0 Å². The Balaban J connectivity index is 0.795. The van der Waals surface area contributed by atoms with Crippen LogP contribution in [0.1, 0.15) is 124 Å². The van der Waals surface area contributed by atoms with Crippen molar-refractivity contribution in [2.45, 2.75) is 0 Å². The van der Waals surface area contributed by atoms with Gasteiger partial charge >= 0.3 is 23.9 Å². The lowest BCUT2D eigenvalue weighted by Gasteiger charge is -2.32. The molecule has 24 heteroatoms. The standard InChI is InChI=1S/C68H32N4O20/c73-49-21-9-33-29-45(49)69-57(77)37-13-15-41-55-42(16-14-38(53(37)55)58(69)78)62(82)71(61(41)81)47-31-35(11-23-51(47)75)67(87)91-27-7-3-4-8-28-92-68(88)36-12-24-52(76)48(32-36)72-63(83)43-19-17-39-54-40(18-20-44(56(43)54)64(72)84)60(80)70(59(39)79)46-30-34(10-22-50(46)74)66(86)90-26-6-2-1-5-25-89-65(33)85/h9-24,29-32,73-76H,25-28H2. The summed E-state index contributed by atoms with van der Waals surface area (Å²) in [5.41, 5.74) is -4.06. The monoisotopic (exact) mass is 1220 g/mol. The molecule has 24 nitrogen and oxygen atoms in total. The molecule has 8 aromatic carbocycles. The molecule has 0 aromatic heterocycles. The highest BCUT2D eigenvalue weighted by molar-refractivity contribution is 6.44. The summed E-state index contributed by atoms with van der Waals surface area (Å²) >= 11 is 0. The number of carbonyl (C=O) groups excluding carboxylic acids is 12. The summed E-state index contributed by atoms with van der Waals surface area (Å²) in [4.78, 5) is 170. The number of aromatic hydroxyl groups is 4. The predicted octanol–water partition coefficient (Wildman–Crippen LogP) is 6.37. The van der Waals surface area contributed by atoms with E-state index in [1.165, 1.54) is 48.5 Å². The second kappa shape index (κ2) is 22.1. The van der Waals surface area contributed by atoms with Crippen LogP contribution < -0.4 is 19.6 Å². The van der Waals surface area contributed by atoms with Gasteiger partial charge in [-0.05, 0) is 169 Å². The van der Waals surface area contributed by atoms with Gasteiger partial charge in [0.25, 0.3) is 47.3 Å². The average Bonchev–Trinajstić information content (AvgIpc) is 0.716. The van der Waals surface area contributed by atoms with Crippen molar-refractivity contribution >= 4 is 115 Å².